The van der Waals surface area contributed by atoms with Crippen LogP contribution in [0.5, 0.6) is 5.75 Å². The highest BCUT2D eigenvalue weighted by Crippen LogP contribution is 2.24. The summed E-state index contributed by atoms with van der Waals surface area (Å²) in [4.78, 5) is 12.0. The SMILES string of the molecule is C[C@@H](Oc1ccccc1)C(=O)NCCSCc1ccc(Cl)c(Cl)c1. The maximum absolute atomic E-state index is 12.0. The van der Waals surface area contributed by atoms with E-state index >= 15 is 0 Å². The van der Waals surface area contributed by atoms with Gasteiger partial charge in [0.1, 0.15) is 5.75 Å². The Morgan fingerprint density at radius 3 is 2.62 bits per heavy atom. The van der Waals surface area contributed by atoms with Crippen LogP contribution in [0.1, 0.15) is 12.5 Å². The molecule has 3 nitrogen and oxygen atoms in total. The van der Waals surface area contributed by atoms with Crippen LogP contribution in [0.15, 0.2) is 48.5 Å². The molecule has 128 valence electrons. The van der Waals surface area contributed by atoms with E-state index in [1.807, 2.05) is 42.5 Å². The van der Waals surface area contributed by atoms with Gasteiger partial charge in [0, 0.05) is 18.1 Å². The topological polar surface area (TPSA) is 38.3 Å². The number of carbonyl (C=O) groups is 1. The number of nitrogens with one attached hydrogen (secondary N) is 1. The smallest absolute Gasteiger partial charge is 0.260 e. The second kappa shape index (κ2) is 9.82. The van der Waals surface area contributed by atoms with Crippen molar-refractivity contribution in [1.29, 1.82) is 0 Å². The summed E-state index contributed by atoms with van der Waals surface area (Å²) in [5.74, 6) is 2.20. The Kier molecular flexibility index (Phi) is 7.76. The van der Waals surface area contributed by atoms with Gasteiger partial charge in [-0.05, 0) is 36.8 Å². The molecule has 2 aromatic rings. The summed E-state index contributed by atoms with van der Waals surface area (Å²) in [6.07, 6.45) is -0.521. The van der Waals surface area contributed by atoms with Crippen molar-refractivity contribution in [3.63, 3.8) is 0 Å². The molecule has 6 heteroatoms. The number of hydrogen-bond donors (Lipinski definition) is 1. The van der Waals surface area contributed by atoms with Crippen LogP contribution < -0.4 is 10.1 Å². The van der Waals surface area contributed by atoms with Crippen molar-refractivity contribution in [3.05, 3.63) is 64.1 Å². The molecular formula is C18H19Cl2NO2S. The largest absolute Gasteiger partial charge is 0.481 e. The van der Waals surface area contributed by atoms with E-state index in [-0.39, 0.29) is 5.91 Å². The minimum absolute atomic E-state index is 0.117. The normalized spacial score (nSPS) is 11.8. The Balaban J connectivity index is 1.64. The molecule has 24 heavy (non-hydrogen) atoms. The number of carbonyl (C=O) groups excluding carboxylic acids is 1. The number of para-hydroxylation sites is 1. The van der Waals surface area contributed by atoms with E-state index in [4.69, 9.17) is 27.9 Å². The van der Waals surface area contributed by atoms with Crippen molar-refractivity contribution >= 4 is 40.9 Å². The lowest BCUT2D eigenvalue weighted by Gasteiger charge is -2.14. The molecule has 0 unspecified atom stereocenters. The third-order valence-corrected chi connectivity index (χ3v) is 4.99. The van der Waals surface area contributed by atoms with Gasteiger partial charge in [-0.3, -0.25) is 4.79 Å². The van der Waals surface area contributed by atoms with Crippen molar-refractivity contribution in [2.45, 2.75) is 18.8 Å². The van der Waals surface area contributed by atoms with Gasteiger partial charge in [0.15, 0.2) is 6.10 Å². The molecule has 0 aromatic heterocycles. The predicted octanol–water partition coefficient (Wildman–Crippen LogP) is 4.81. The summed E-state index contributed by atoms with van der Waals surface area (Å²) < 4.78 is 5.58. The first kappa shape index (κ1) is 19.0. The van der Waals surface area contributed by atoms with Crippen LogP contribution in [-0.4, -0.2) is 24.3 Å². The molecule has 0 spiro atoms. The number of amides is 1. The molecule has 0 saturated heterocycles. The number of rotatable bonds is 8. The molecule has 0 fully saturated rings. The molecule has 2 aromatic carbocycles. The van der Waals surface area contributed by atoms with Gasteiger partial charge in [-0.2, -0.15) is 11.8 Å². The predicted molar refractivity (Wildman–Crippen MR) is 102 cm³/mol. The van der Waals surface area contributed by atoms with E-state index in [1.165, 1.54) is 0 Å². The van der Waals surface area contributed by atoms with Gasteiger partial charge in [-0.15, -0.1) is 0 Å². The zero-order valence-corrected chi connectivity index (χ0v) is 15.6. The second-order valence-electron chi connectivity index (χ2n) is 5.17. The van der Waals surface area contributed by atoms with Crippen molar-refractivity contribution in [2.24, 2.45) is 0 Å². The highest BCUT2D eigenvalue weighted by molar-refractivity contribution is 7.98. The van der Waals surface area contributed by atoms with E-state index in [9.17, 15) is 4.79 Å². The zero-order chi connectivity index (χ0) is 17.4. The third-order valence-electron chi connectivity index (χ3n) is 3.22. The molecule has 0 aliphatic carbocycles. The average Bonchev–Trinajstić information content (AvgIpc) is 2.58. The minimum Gasteiger partial charge on any atom is -0.481 e. The summed E-state index contributed by atoms with van der Waals surface area (Å²) in [5.41, 5.74) is 1.11. The zero-order valence-electron chi connectivity index (χ0n) is 13.3. The summed E-state index contributed by atoms with van der Waals surface area (Å²) >= 11 is 13.6. The lowest BCUT2D eigenvalue weighted by Crippen LogP contribution is -2.37. The molecule has 0 aliphatic heterocycles. The van der Waals surface area contributed by atoms with Crippen molar-refractivity contribution in [2.75, 3.05) is 12.3 Å². The highest BCUT2D eigenvalue weighted by Gasteiger charge is 2.13. The van der Waals surface area contributed by atoms with Crippen LogP contribution in [0.25, 0.3) is 0 Å². The molecule has 0 heterocycles. The summed E-state index contributed by atoms with van der Waals surface area (Å²) in [5, 5.41) is 4.00. The van der Waals surface area contributed by atoms with Gasteiger partial charge in [0.05, 0.1) is 10.0 Å². The van der Waals surface area contributed by atoms with E-state index in [1.54, 1.807) is 24.8 Å². The van der Waals surface area contributed by atoms with Gasteiger partial charge < -0.3 is 10.1 Å². The van der Waals surface area contributed by atoms with Crippen LogP contribution in [0.3, 0.4) is 0 Å². The first-order valence-corrected chi connectivity index (χ1v) is 9.48. The Hall–Kier alpha value is -1.36. The van der Waals surface area contributed by atoms with E-state index in [0.29, 0.717) is 22.3 Å². The van der Waals surface area contributed by atoms with E-state index < -0.39 is 6.10 Å². The first-order valence-electron chi connectivity index (χ1n) is 7.57. The molecular weight excluding hydrogens is 365 g/mol. The minimum atomic E-state index is -0.521. The van der Waals surface area contributed by atoms with Crippen LogP contribution >= 0.6 is 35.0 Å². The Morgan fingerprint density at radius 2 is 1.92 bits per heavy atom. The second-order valence-corrected chi connectivity index (χ2v) is 7.08. The standard InChI is InChI=1S/C18H19Cl2NO2S/c1-13(23-15-5-3-2-4-6-15)18(22)21-9-10-24-12-14-7-8-16(19)17(20)11-14/h2-8,11,13H,9-10,12H2,1H3,(H,21,22)/t13-/m1/s1. The molecule has 0 bridgehead atoms. The van der Waals surface area contributed by atoms with Gasteiger partial charge in [-0.25, -0.2) is 0 Å². The number of hydrogen-bond acceptors (Lipinski definition) is 3. The molecule has 2 rings (SSSR count). The first-order chi connectivity index (χ1) is 11.6. The fraction of sp³-hybridized carbons (Fsp3) is 0.278. The third kappa shape index (κ3) is 6.27. The fourth-order valence-corrected chi connectivity index (χ4v) is 3.09. The van der Waals surface area contributed by atoms with E-state index in [2.05, 4.69) is 5.32 Å². The van der Waals surface area contributed by atoms with Crippen LogP contribution in [0, 0.1) is 0 Å². The van der Waals surface area contributed by atoms with Crippen molar-refractivity contribution < 1.29 is 9.53 Å². The van der Waals surface area contributed by atoms with Gasteiger partial charge >= 0.3 is 0 Å². The van der Waals surface area contributed by atoms with Crippen LogP contribution in [0.4, 0.5) is 0 Å². The fourth-order valence-electron chi connectivity index (χ4n) is 1.97. The van der Waals surface area contributed by atoms with E-state index in [0.717, 1.165) is 17.1 Å². The number of halogens is 2. The van der Waals surface area contributed by atoms with Crippen LogP contribution in [0.2, 0.25) is 10.0 Å². The molecule has 0 aliphatic rings. The van der Waals surface area contributed by atoms with Crippen molar-refractivity contribution in [1.82, 2.24) is 5.32 Å². The molecule has 0 radical (unpaired) electrons. The quantitative estimate of drug-likeness (QED) is 0.664. The highest BCUT2D eigenvalue weighted by atomic mass is 35.5. The van der Waals surface area contributed by atoms with Crippen LogP contribution in [-0.2, 0) is 10.5 Å². The monoisotopic (exact) mass is 383 g/mol. The molecule has 1 N–H and O–H groups in total. The molecule has 1 amide bonds. The number of thioether (sulfide) groups is 1. The van der Waals surface area contributed by atoms with Gasteiger partial charge in [0.25, 0.3) is 5.91 Å². The lowest BCUT2D eigenvalue weighted by molar-refractivity contribution is -0.127. The Morgan fingerprint density at radius 1 is 1.17 bits per heavy atom. The number of benzene rings is 2. The average molecular weight is 384 g/mol. The van der Waals surface area contributed by atoms with Gasteiger partial charge in [-0.1, -0.05) is 47.5 Å². The van der Waals surface area contributed by atoms with Crippen molar-refractivity contribution in [3.8, 4) is 5.75 Å². The number of ether oxygens (including phenoxy) is 1. The maximum Gasteiger partial charge on any atom is 0.260 e. The Bertz CT molecular complexity index is 667. The molecule has 0 saturated carbocycles. The maximum atomic E-state index is 12.0. The summed E-state index contributed by atoms with van der Waals surface area (Å²) in [6.45, 7) is 2.33. The lowest BCUT2D eigenvalue weighted by atomic mass is 10.2. The summed E-state index contributed by atoms with van der Waals surface area (Å²) in [7, 11) is 0. The Labute approximate surface area is 156 Å². The van der Waals surface area contributed by atoms with Gasteiger partial charge in [0.2, 0.25) is 0 Å². The summed E-state index contributed by atoms with van der Waals surface area (Å²) in [6, 6.07) is 14.9. The molecule has 1 atom stereocenters.